The number of ether oxygens (including phenoxy) is 1. The molecule has 1 aromatic heterocycles. The molecule has 128 valence electrons. The van der Waals surface area contributed by atoms with Gasteiger partial charge in [-0.15, -0.1) is 0 Å². The van der Waals surface area contributed by atoms with Crippen LogP contribution in [0.25, 0.3) is 0 Å². The lowest BCUT2D eigenvalue weighted by atomic mass is 10.2. The van der Waals surface area contributed by atoms with Crippen LogP contribution in [0.5, 0.6) is 5.88 Å². The predicted octanol–water partition coefficient (Wildman–Crippen LogP) is 2.59. The zero-order valence-corrected chi connectivity index (χ0v) is 15.0. The van der Waals surface area contributed by atoms with Crippen LogP contribution in [0.1, 0.15) is 17.8 Å². The van der Waals surface area contributed by atoms with E-state index in [1.165, 1.54) is 4.31 Å². The molecule has 0 aliphatic carbocycles. The van der Waals surface area contributed by atoms with Crippen molar-refractivity contribution in [2.24, 2.45) is 0 Å². The first-order valence-corrected chi connectivity index (χ1v) is 9.41. The molecule has 24 heavy (non-hydrogen) atoms. The van der Waals surface area contributed by atoms with Gasteiger partial charge in [-0.25, -0.2) is 13.4 Å². The molecular formula is C16H18ClN3O3S. The molecule has 0 bridgehead atoms. The third kappa shape index (κ3) is 3.38. The Morgan fingerprint density at radius 3 is 2.83 bits per heavy atom. The highest BCUT2D eigenvalue weighted by molar-refractivity contribution is 7.89. The van der Waals surface area contributed by atoms with Crippen molar-refractivity contribution in [2.45, 2.75) is 31.3 Å². The zero-order valence-electron chi connectivity index (χ0n) is 13.4. The van der Waals surface area contributed by atoms with Gasteiger partial charge in [-0.05, 0) is 38.0 Å². The van der Waals surface area contributed by atoms with Crippen molar-refractivity contribution >= 4 is 21.6 Å². The van der Waals surface area contributed by atoms with Crippen LogP contribution in [0.15, 0.2) is 35.4 Å². The number of halogens is 1. The van der Waals surface area contributed by atoms with E-state index in [9.17, 15) is 8.42 Å². The van der Waals surface area contributed by atoms with E-state index in [1.54, 1.807) is 44.3 Å². The highest BCUT2D eigenvalue weighted by atomic mass is 35.5. The smallest absolute Gasteiger partial charge is 0.243 e. The summed E-state index contributed by atoms with van der Waals surface area (Å²) < 4.78 is 32.9. The molecule has 1 saturated heterocycles. The van der Waals surface area contributed by atoms with E-state index in [-0.39, 0.29) is 17.5 Å². The topological polar surface area (TPSA) is 72.4 Å². The number of aryl methyl sites for hydroxylation is 1. The molecular weight excluding hydrogens is 350 g/mol. The van der Waals surface area contributed by atoms with Crippen molar-refractivity contribution < 1.29 is 13.2 Å². The summed E-state index contributed by atoms with van der Waals surface area (Å²) in [4.78, 5) is 8.45. The lowest BCUT2D eigenvalue weighted by Gasteiger charge is -2.18. The number of rotatable bonds is 4. The maximum Gasteiger partial charge on any atom is 0.243 e. The van der Waals surface area contributed by atoms with Crippen LogP contribution in [0.2, 0.25) is 5.02 Å². The summed E-state index contributed by atoms with van der Waals surface area (Å²) in [5.41, 5.74) is 0.565. The number of hydrogen-bond acceptors (Lipinski definition) is 5. The Balaban J connectivity index is 1.76. The van der Waals surface area contributed by atoms with E-state index in [1.807, 2.05) is 0 Å². The fourth-order valence-electron chi connectivity index (χ4n) is 2.69. The largest absolute Gasteiger partial charge is 0.473 e. The minimum atomic E-state index is -3.59. The van der Waals surface area contributed by atoms with Crippen molar-refractivity contribution in [3.63, 3.8) is 0 Å². The van der Waals surface area contributed by atoms with Gasteiger partial charge in [0.1, 0.15) is 11.9 Å². The van der Waals surface area contributed by atoms with Crippen LogP contribution in [0.4, 0.5) is 0 Å². The van der Waals surface area contributed by atoms with Crippen molar-refractivity contribution in [1.82, 2.24) is 14.3 Å². The van der Waals surface area contributed by atoms with Gasteiger partial charge in [0.05, 0.1) is 11.4 Å². The minimum absolute atomic E-state index is 0.228. The molecule has 1 unspecified atom stereocenters. The second-order valence-corrected chi connectivity index (χ2v) is 8.01. The average Bonchev–Trinajstić information content (AvgIpc) is 2.99. The molecule has 1 aliphatic heterocycles. The molecule has 1 aliphatic rings. The summed E-state index contributed by atoms with van der Waals surface area (Å²) in [6.07, 6.45) is 2.01. The number of aromatic nitrogens is 2. The maximum atomic E-state index is 12.8. The van der Waals surface area contributed by atoms with E-state index in [0.717, 1.165) is 0 Å². The minimum Gasteiger partial charge on any atom is -0.473 e. The molecule has 2 heterocycles. The Morgan fingerprint density at radius 1 is 1.29 bits per heavy atom. The summed E-state index contributed by atoms with van der Waals surface area (Å²) in [6, 6.07) is 6.59. The lowest BCUT2D eigenvalue weighted by molar-refractivity contribution is 0.206. The summed E-state index contributed by atoms with van der Waals surface area (Å²) in [5, 5.41) is 0.444. The van der Waals surface area contributed by atoms with Gasteiger partial charge < -0.3 is 4.74 Å². The van der Waals surface area contributed by atoms with Crippen LogP contribution in [0, 0.1) is 13.8 Å². The van der Waals surface area contributed by atoms with Gasteiger partial charge in [0.2, 0.25) is 15.9 Å². The number of nitrogens with zero attached hydrogens (tertiary/aromatic N) is 3. The fraction of sp³-hybridized carbons (Fsp3) is 0.375. The van der Waals surface area contributed by atoms with E-state index < -0.39 is 10.0 Å². The SMILES string of the molecule is Cc1nccc(OC2CCN(S(=O)(=O)c3cccc(Cl)c3C)C2)n1. The molecule has 0 radical (unpaired) electrons. The van der Waals surface area contributed by atoms with E-state index in [2.05, 4.69) is 9.97 Å². The Morgan fingerprint density at radius 2 is 2.08 bits per heavy atom. The molecule has 1 aromatic carbocycles. The fourth-order valence-corrected chi connectivity index (χ4v) is 4.65. The lowest BCUT2D eigenvalue weighted by Crippen LogP contribution is -2.31. The predicted molar refractivity (Wildman–Crippen MR) is 90.7 cm³/mol. The standard InChI is InChI=1S/C16H18ClN3O3S/c1-11-14(17)4-3-5-15(11)24(21,22)20-9-7-13(10-20)23-16-6-8-18-12(2)19-16/h3-6,8,13H,7,9-10H2,1-2H3. The molecule has 2 aromatic rings. The van der Waals surface area contributed by atoms with Gasteiger partial charge in [0, 0.05) is 23.8 Å². The summed E-state index contributed by atoms with van der Waals surface area (Å²) in [5.74, 6) is 1.08. The van der Waals surface area contributed by atoms with Crippen LogP contribution < -0.4 is 4.74 Å². The van der Waals surface area contributed by atoms with Crippen LogP contribution >= 0.6 is 11.6 Å². The molecule has 8 heteroatoms. The summed E-state index contributed by atoms with van der Waals surface area (Å²) in [7, 11) is -3.59. The number of hydrogen-bond donors (Lipinski definition) is 0. The Bertz CT molecular complexity index is 857. The van der Waals surface area contributed by atoms with E-state index >= 15 is 0 Å². The number of benzene rings is 1. The average molecular weight is 368 g/mol. The highest BCUT2D eigenvalue weighted by Gasteiger charge is 2.34. The van der Waals surface area contributed by atoms with Gasteiger partial charge in [-0.2, -0.15) is 9.29 Å². The number of sulfonamides is 1. The van der Waals surface area contributed by atoms with Crippen molar-refractivity contribution in [1.29, 1.82) is 0 Å². The van der Waals surface area contributed by atoms with Crippen LogP contribution in [-0.4, -0.2) is 41.9 Å². The second kappa shape index (κ2) is 6.66. The Kier molecular flexibility index (Phi) is 4.76. The summed E-state index contributed by atoms with van der Waals surface area (Å²) in [6.45, 7) is 4.18. The van der Waals surface area contributed by atoms with Crippen molar-refractivity contribution in [3.8, 4) is 5.88 Å². The van der Waals surface area contributed by atoms with E-state index in [0.29, 0.717) is 35.3 Å². The van der Waals surface area contributed by atoms with Crippen molar-refractivity contribution in [3.05, 3.63) is 46.9 Å². The Labute approximate surface area is 146 Å². The first kappa shape index (κ1) is 17.1. The quantitative estimate of drug-likeness (QED) is 0.830. The zero-order chi connectivity index (χ0) is 17.3. The maximum absolute atomic E-state index is 12.8. The van der Waals surface area contributed by atoms with Gasteiger partial charge in [0.25, 0.3) is 0 Å². The van der Waals surface area contributed by atoms with Crippen LogP contribution in [-0.2, 0) is 10.0 Å². The van der Waals surface area contributed by atoms with Crippen LogP contribution in [0.3, 0.4) is 0 Å². The van der Waals surface area contributed by atoms with Gasteiger partial charge in [-0.1, -0.05) is 17.7 Å². The molecule has 6 nitrogen and oxygen atoms in total. The Hall–Kier alpha value is -1.70. The highest BCUT2D eigenvalue weighted by Crippen LogP contribution is 2.28. The molecule has 0 amide bonds. The molecule has 0 N–H and O–H groups in total. The third-order valence-corrected chi connectivity index (χ3v) is 6.40. The molecule has 3 rings (SSSR count). The van der Waals surface area contributed by atoms with Gasteiger partial charge in [-0.3, -0.25) is 0 Å². The first-order chi connectivity index (χ1) is 11.4. The molecule has 0 saturated carbocycles. The monoisotopic (exact) mass is 367 g/mol. The van der Waals surface area contributed by atoms with Crippen molar-refractivity contribution in [2.75, 3.05) is 13.1 Å². The van der Waals surface area contributed by atoms with Gasteiger partial charge >= 0.3 is 0 Å². The van der Waals surface area contributed by atoms with Gasteiger partial charge in [0.15, 0.2) is 0 Å². The summed E-state index contributed by atoms with van der Waals surface area (Å²) >= 11 is 6.06. The van der Waals surface area contributed by atoms with E-state index in [4.69, 9.17) is 16.3 Å². The molecule has 0 spiro atoms. The molecule has 1 fully saturated rings. The first-order valence-electron chi connectivity index (χ1n) is 7.59. The second-order valence-electron chi connectivity index (χ2n) is 5.70. The third-order valence-electron chi connectivity index (χ3n) is 3.98. The molecule has 1 atom stereocenters. The normalized spacial score (nSPS) is 18.7.